The van der Waals surface area contributed by atoms with E-state index in [1.165, 1.54) is 12.4 Å². The molecule has 0 aliphatic carbocycles. The molecule has 0 N–H and O–H groups in total. The van der Waals surface area contributed by atoms with Gasteiger partial charge in [0.2, 0.25) is 11.6 Å². The maximum Gasteiger partial charge on any atom is 0.410 e. The fourth-order valence-electron chi connectivity index (χ4n) is 2.82. The molecule has 13 heteroatoms. The second kappa shape index (κ2) is 8.16. The number of halogens is 2. The van der Waals surface area contributed by atoms with E-state index in [9.17, 15) is 23.7 Å². The summed E-state index contributed by atoms with van der Waals surface area (Å²) in [5, 5.41) is 14.5. The molecule has 2 aromatic heterocycles. The summed E-state index contributed by atoms with van der Waals surface area (Å²) in [6.45, 7) is 7.24. The highest BCUT2D eigenvalue weighted by molar-refractivity contribution is 5.68. The number of alkyl halides is 2. The molecule has 30 heavy (non-hydrogen) atoms. The summed E-state index contributed by atoms with van der Waals surface area (Å²) in [6.07, 6.45) is 0.129. The molecule has 1 amide bonds. The zero-order chi connectivity index (χ0) is 22.1. The Morgan fingerprint density at radius 3 is 2.27 bits per heavy atom. The van der Waals surface area contributed by atoms with E-state index in [0.29, 0.717) is 32.1 Å². The first-order valence-electron chi connectivity index (χ1n) is 9.12. The minimum absolute atomic E-state index is 0.209. The molecule has 3 rings (SSSR count). The largest absolute Gasteiger partial charge is 0.444 e. The van der Waals surface area contributed by atoms with E-state index in [4.69, 9.17) is 4.74 Å². The fraction of sp³-hybridized carbons (Fsp3) is 0.529. The first-order valence-corrected chi connectivity index (χ1v) is 9.12. The molecule has 1 aliphatic rings. The number of anilines is 1. The second-order valence-electron chi connectivity index (χ2n) is 7.60. The Balaban J connectivity index is 1.67. The number of carbonyl (C=O) groups excluding carboxylic acids is 1. The van der Waals surface area contributed by atoms with E-state index >= 15 is 0 Å². The van der Waals surface area contributed by atoms with Crippen LogP contribution in [0.4, 0.5) is 25.2 Å². The number of hydrogen-bond donors (Lipinski definition) is 0. The Kier molecular flexibility index (Phi) is 5.80. The van der Waals surface area contributed by atoms with Crippen LogP contribution in [0.25, 0.3) is 5.69 Å². The maximum absolute atomic E-state index is 12.9. The molecule has 0 bridgehead atoms. The molecular formula is C17H21F2N7O4. The number of rotatable bonds is 4. The van der Waals surface area contributed by atoms with Crippen LogP contribution in [0.5, 0.6) is 0 Å². The van der Waals surface area contributed by atoms with Gasteiger partial charge in [-0.2, -0.15) is 5.10 Å². The first kappa shape index (κ1) is 21.3. The van der Waals surface area contributed by atoms with Crippen molar-refractivity contribution < 1.29 is 23.2 Å². The van der Waals surface area contributed by atoms with Crippen molar-refractivity contribution in [3.8, 4) is 5.69 Å². The number of amides is 1. The Hall–Kier alpha value is -3.38. The molecule has 11 nitrogen and oxygen atoms in total. The number of ether oxygens (including phenoxy) is 1. The standard InChI is InChI=1S/C17H21F2N7O4/c1-17(2,3)30-16(27)24-6-4-23(5-7-24)15-20-8-11(9-21-15)25-10-12(26(28)29)13(22-25)14(18)19/h8-10,14H,4-7H2,1-3H3. The van der Waals surface area contributed by atoms with Gasteiger partial charge in [-0.3, -0.25) is 10.1 Å². The summed E-state index contributed by atoms with van der Waals surface area (Å²) >= 11 is 0. The third kappa shape index (κ3) is 4.78. The maximum atomic E-state index is 12.9. The molecule has 162 valence electrons. The summed E-state index contributed by atoms with van der Waals surface area (Å²) in [6, 6.07) is 0. The fourth-order valence-corrected chi connectivity index (χ4v) is 2.82. The van der Waals surface area contributed by atoms with Crippen LogP contribution in [0, 0.1) is 10.1 Å². The average molecular weight is 425 g/mol. The number of piperazine rings is 1. The Morgan fingerprint density at radius 1 is 1.20 bits per heavy atom. The van der Waals surface area contributed by atoms with Crippen LogP contribution in [-0.4, -0.2) is 67.4 Å². The number of hydrogen-bond acceptors (Lipinski definition) is 8. The van der Waals surface area contributed by atoms with E-state index in [0.717, 1.165) is 10.9 Å². The molecule has 3 heterocycles. The van der Waals surface area contributed by atoms with Crippen molar-refractivity contribution >= 4 is 17.7 Å². The lowest BCUT2D eigenvalue weighted by Gasteiger charge is -2.35. The van der Waals surface area contributed by atoms with E-state index in [2.05, 4.69) is 15.1 Å². The van der Waals surface area contributed by atoms with Gasteiger partial charge in [-0.05, 0) is 20.8 Å². The number of nitro groups is 1. The van der Waals surface area contributed by atoms with Gasteiger partial charge in [-0.25, -0.2) is 28.2 Å². The van der Waals surface area contributed by atoms with Crippen LogP contribution < -0.4 is 4.90 Å². The van der Waals surface area contributed by atoms with Crippen LogP contribution in [0.1, 0.15) is 32.9 Å². The second-order valence-corrected chi connectivity index (χ2v) is 7.60. The predicted molar refractivity (Wildman–Crippen MR) is 101 cm³/mol. The van der Waals surface area contributed by atoms with E-state index in [1.54, 1.807) is 25.7 Å². The highest BCUT2D eigenvalue weighted by Crippen LogP contribution is 2.28. The summed E-state index contributed by atoms with van der Waals surface area (Å²) in [7, 11) is 0. The lowest BCUT2D eigenvalue weighted by molar-refractivity contribution is -0.386. The summed E-state index contributed by atoms with van der Waals surface area (Å²) in [4.78, 5) is 34.0. The predicted octanol–water partition coefficient (Wildman–Crippen LogP) is 2.57. The number of nitrogens with zero attached hydrogens (tertiary/aromatic N) is 7. The first-order chi connectivity index (χ1) is 14.0. The molecule has 1 fully saturated rings. The van der Waals surface area contributed by atoms with Crippen LogP contribution in [0.2, 0.25) is 0 Å². The van der Waals surface area contributed by atoms with E-state index in [-0.39, 0.29) is 11.8 Å². The number of carbonyl (C=O) groups is 1. The molecular weight excluding hydrogens is 404 g/mol. The monoisotopic (exact) mass is 425 g/mol. The van der Waals surface area contributed by atoms with Crippen LogP contribution in [0.3, 0.4) is 0 Å². The van der Waals surface area contributed by atoms with Crippen molar-refractivity contribution in [2.24, 2.45) is 0 Å². The van der Waals surface area contributed by atoms with Gasteiger partial charge in [-0.1, -0.05) is 0 Å². The minimum atomic E-state index is -3.08. The third-order valence-corrected chi connectivity index (χ3v) is 4.23. The van der Waals surface area contributed by atoms with Crippen LogP contribution in [0.15, 0.2) is 18.6 Å². The van der Waals surface area contributed by atoms with Crippen LogP contribution >= 0.6 is 0 Å². The van der Waals surface area contributed by atoms with Gasteiger partial charge in [0.25, 0.3) is 6.43 Å². The smallest absolute Gasteiger partial charge is 0.410 e. The Bertz CT molecular complexity index is 919. The SMILES string of the molecule is CC(C)(C)OC(=O)N1CCN(c2ncc(-n3cc([N+](=O)[O-])c(C(F)F)n3)cn2)CC1. The molecule has 0 unspecified atom stereocenters. The molecule has 1 saturated heterocycles. The normalized spacial score (nSPS) is 14.9. The van der Waals surface area contributed by atoms with Crippen molar-refractivity contribution in [1.82, 2.24) is 24.6 Å². The van der Waals surface area contributed by atoms with Crippen molar-refractivity contribution in [2.45, 2.75) is 32.8 Å². The topological polar surface area (TPSA) is 120 Å². The molecule has 2 aromatic rings. The van der Waals surface area contributed by atoms with E-state index < -0.39 is 28.3 Å². The molecule has 0 saturated carbocycles. The lowest BCUT2D eigenvalue weighted by Crippen LogP contribution is -2.50. The summed E-state index contributed by atoms with van der Waals surface area (Å²) in [5.41, 5.74) is -2.05. The van der Waals surface area contributed by atoms with Gasteiger partial charge in [-0.15, -0.1) is 0 Å². The lowest BCUT2D eigenvalue weighted by atomic mass is 10.2. The van der Waals surface area contributed by atoms with Gasteiger partial charge >= 0.3 is 11.8 Å². The Morgan fingerprint density at radius 2 is 1.80 bits per heavy atom. The third-order valence-electron chi connectivity index (χ3n) is 4.23. The van der Waals surface area contributed by atoms with Crippen LogP contribution in [-0.2, 0) is 4.74 Å². The quantitative estimate of drug-likeness (QED) is 0.542. The summed E-state index contributed by atoms with van der Waals surface area (Å²) in [5.74, 6) is 0.387. The summed E-state index contributed by atoms with van der Waals surface area (Å²) < 4.78 is 32.2. The van der Waals surface area contributed by atoms with Crippen molar-refractivity contribution in [2.75, 3.05) is 31.1 Å². The average Bonchev–Trinajstić information content (AvgIpc) is 3.13. The van der Waals surface area contributed by atoms with Gasteiger partial charge in [0.05, 0.1) is 17.3 Å². The molecule has 0 atom stereocenters. The zero-order valence-corrected chi connectivity index (χ0v) is 16.7. The van der Waals surface area contributed by atoms with Gasteiger partial charge in [0, 0.05) is 26.2 Å². The van der Waals surface area contributed by atoms with Gasteiger partial charge < -0.3 is 14.5 Å². The van der Waals surface area contributed by atoms with Gasteiger partial charge in [0.1, 0.15) is 17.5 Å². The number of aromatic nitrogens is 4. The zero-order valence-electron chi connectivity index (χ0n) is 16.7. The molecule has 0 spiro atoms. The van der Waals surface area contributed by atoms with Gasteiger partial charge in [0.15, 0.2) is 0 Å². The minimum Gasteiger partial charge on any atom is -0.444 e. The molecule has 0 aromatic carbocycles. The van der Waals surface area contributed by atoms with Crippen molar-refractivity contribution in [1.29, 1.82) is 0 Å². The molecule has 0 radical (unpaired) electrons. The highest BCUT2D eigenvalue weighted by atomic mass is 19.3. The van der Waals surface area contributed by atoms with Crippen molar-refractivity contribution in [3.05, 3.63) is 34.4 Å². The highest BCUT2D eigenvalue weighted by Gasteiger charge is 2.28. The van der Waals surface area contributed by atoms with E-state index in [1.807, 2.05) is 4.90 Å². The molecule has 1 aliphatic heterocycles. The Labute approximate surface area is 170 Å². The van der Waals surface area contributed by atoms with Crippen molar-refractivity contribution in [3.63, 3.8) is 0 Å².